The Bertz CT molecular complexity index is 906. The smallest absolute Gasteiger partial charge is 0.193 e. The van der Waals surface area contributed by atoms with Crippen molar-refractivity contribution in [1.29, 1.82) is 0 Å². The number of hydrogen-bond donors (Lipinski definition) is 2. The molecule has 1 heterocycles. The number of ether oxygens (including phenoxy) is 2. The highest BCUT2D eigenvalue weighted by atomic mass is 16.5. The molecule has 7 heteroatoms. The number of methoxy groups -OCH3 is 2. The van der Waals surface area contributed by atoms with E-state index in [1.807, 2.05) is 30.5 Å². The van der Waals surface area contributed by atoms with Crippen LogP contribution in [0.15, 0.2) is 65.9 Å². The number of nitrogens with zero attached hydrogens (tertiary/aromatic N) is 3. The molecule has 27 heavy (non-hydrogen) atoms. The van der Waals surface area contributed by atoms with Gasteiger partial charge in [-0.15, -0.1) is 0 Å². The monoisotopic (exact) mass is 365 g/mol. The fraction of sp³-hybridized carbons (Fsp3) is 0.200. The molecular formula is C20H23N5O2. The Hall–Kier alpha value is -3.48. The maximum absolute atomic E-state index is 6.02. The van der Waals surface area contributed by atoms with Crippen LogP contribution >= 0.6 is 0 Å². The Kier molecular flexibility index (Phi) is 5.94. The van der Waals surface area contributed by atoms with Crippen LogP contribution in [0.1, 0.15) is 11.4 Å². The molecule has 0 aliphatic carbocycles. The largest absolute Gasteiger partial charge is 0.493 e. The van der Waals surface area contributed by atoms with Crippen LogP contribution in [0.5, 0.6) is 11.5 Å². The summed E-state index contributed by atoms with van der Waals surface area (Å²) < 4.78 is 12.6. The summed E-state index contributed by atoms with van der Waals surface area (Å²) in [4.78, 5) is 8.77. The molecule has 0 fully saturated rings. The van der Waals surface area contributed by atoms with Gasteiger partial charge in [0.25, 0.3) is 0 Å². The summed E-state index contributed by atoms with van der Waals surface area (Å²) in [5, 5.41) is 3.05. The van der Waals surface area contributed by atoms with Crippen molar-refractivity contribution in [2.75, 3.05) is 19.5 Å². The molecule has 0 amide bonds. The lowest BCUT2D eigenvalue weighted by atomic mass is 10.2. The lowest BCUT2D eigenvalue weighted by Gasteiger charge is -2.11. The number of aliphatic imine (C=N–C) groups is 1. The number of anilines is 1. The first kappa shape index (κ1) is 18.3. The molecule has 0 unspecified atom stereocenters. The van der Waals surface area contributed by atoms with Gasteiger partial charge in [-0.1, -0.05) is 30.3 Å². The third-order valence-electron chi connectivity index (χ3n) is 4.04. The lowest BCUT2D eigenvalue weighted by molar-refractivity contribution is 0.355. The second kappa shape index (κ2) is 8.75. The van der Waals surface area contributed by atoms with Crippen LogP contribution in [0.25, 0.3) is 0 Å². The second-order valence-electron chi connectivity index (χ2n) is 5.85. The molecule has 0 saturated carbocycles. The van der Waals surface area contributed by atoms with Gasteiger partial charge in [0.1, 0.15) is 12.4 Å². The van der Waals surface area contributed by atoms with Crippen LogP contribution in [0, 0.1) is 0 Å². The molecule has 1 aromatic heterocycles. The van der Waals surface area contributed by atoms with Gasteiger partial charge in [-0.05, 0) is 17.7 Å². The van der Waals surface area contributed by atoms with E-state index in [0.29, 0.717) is 24.0 Å². The van der Waals surface area contributed by atoms with E-state index in [1.165, 1.54) is 5.56 Å². The lowest BCUT2D eigenvalue weighted by Crippen LogP contribution is -2.23. The van der Waals surface area contributed by atoms with Crippen LogP contribution in [0.2, 0.25) is 0 Å². The van der Waals surface area contributed by atoms with Gasteiger partial charge in [0, 0.05) is 30.7 Å². The fourth-order valence-electron chi connectivity index (χ4n) is 2.67. The van der Waals surface area contributed by atoms with E-state index in [4.69, 9.17) is 15.2 Å². The van der Waals surface area contributed by atoms with Crippen LogP contribution < -0.4 is 20.5 Å². The predicted octanol–water partition coefficient (Wildman–Crippen LogP) is 2.88. The Morgan fingerprint density at radius 2 is 1.89 bits per heavy atom. The minimum atomic E-state index is 0.302. The molecule has 0 bridgehead atoms. The van der Waals surface area contributed by atoms with E-state index in [2.05, 4.69) is 32.0 Å². The van der Waals surface area contributed by atoms with E-state index in [-0.39, 0.29) is 0 Å². The number of rotatable bonds is 7. The molecule has 3 aromatic rings. The summed E-state index contributed by atoms with van der Waals surface area (Å²) in [6.07, 6.45) is 3.71. The second-order valence-corrected chi connectivity index (χ2v) is 5.85. The van der Waals surface area contributed by atoms with Gasteiger partial charge >= 0.3 is 0 Å². The minimum Gasteiger partial charge on any atom is -0.493 e. The zero-order valence-corrected chi connectivity index (χ0v) is 15.4. The number of hydrogen-bond acceptors (Lipinski definition) is 4. The van der Waals surface area contributed by atoms with E-state index < -0.39 is 0 Å². The third kappa shape index (κ3) is 4.78. The Balaban J connectivity index is 1.65. The van der Waals surface area contributed by atoms with Gasteiger partial charge in [0.15, 0.2) is 17.5 Å². The van der Waals surface area contributed by atoms with Crippen molar-refractivity contribution in [2.24, 2.45) is 10.7 Å². The Morgan fingerprint density at radius 1 is 1.11 bits per heavy atom. The average molecular weight is 365 g/mol. The van der Waals surface area contributed by atoms with Crippen LogP contribution in [0.4, 0.5) is 5.69 Å². The molecule has 0 aliphatic heterocycles. The Labute approximate surface area is 158 Å². The first-order chi connectivity index (χ1) is 13.2. The summed E-state index contributed by atoms with van der Waals surface area (Å²) in [7, 11) is 3.18. The van der Waals surface area contributed by atoms with Gasteiger partial charge < -0.3 is 25.1 Å². The molecule has 140 valence electrons. The predicted molar refractivity (Wildman–Crippen MR) is 106 cm³/mol. The molecule has 0 aliphatic rings. The molecule has 0 radical (unpaired) electrons. The van der Waals surface area contributed by atoms with Gasteiger partial charge in [0.2, 0.25) is 0 Å². The quantitative estimate of drug-likeness (QED) is 0.497. The van der Waals surface area contributed by atoms with E-state index >= 15 is 0 Å². The third-order valence-corrected chi connectivity index (χ3v) is 4.04. The first-order valence-corrected chi connectivity index (χ1v) is 8.52. The van der Waals surface area contributed by atoms with E-state index in [9.17, 15) is 0 Å². The maximum atomic E-state index is 6.02. The van der Waals surface area contributed by atoms with Crippen molar-refractivity contribution >= 4 is 11.6 Å². The molecule has 3 rings (SSSR count). The number of aromatic nitrogens is 2. The molecule has 7 nitrogen and oxygen atoms in total. The highest BCUT2D eigenvalue weighted by Crippen LogP contribution is 2.29. The highest BCUT2D eigenvalue weighted by molar-refractivity contribution is 5.92. The van der Waals surface area contributed by atoms with Crippen molar-refractivity contribution in [2.45, 2.75) is 13.1 Å². The van der Waals surface area contributed by atoms with Crippen LogP contribution in [-0.2, 0) is 13.1 Å². The number of nitrogens with two attached hydrogens (primary N) is 1. The maximum Gasteiger partial charge on any atom is 0.193 e. The molecule has 3 N–H and O–H groups in total. The fourth-order valence-corrected chi connectivity index (χ4v) is 2.67. The van der Waals surface area contributed by atoms with Gasteiger partial charge in [-0.25, -0.2) is 9.98 Å². The van der Waals surface area contributed by atoms with Crippen molar-refractivity contribution in [3.8, 4) is 11.5 Å². The summed E-state index contributed by atoms with van der Waals surface area (Å²) >= 11 is 0. The Morgan fingerprint density at radius 3 is 2.63 bits per heavy atom. The van der Waals surface area contributed by atoms with Crippen molar-refractivity contribution in [3.63, 3.8) is 0 Å². The molecular weight excluding hydrogens is 342 g/mol. The number of benzene rings is 2. The number of imidazole rings is 1. The zero-order valence-electron chi connectivity index (χ0n) is 15.4. The van der Waals surface area contributed by atoms with Crippen LogP contribution in [-0.4, -0.2) is 29.7 Å². The van der Waals surface area contributed by atoms with Crippen molar-refractivity contribution < 1.29 is 9.47 Å². The molecule has 0 saturated heterocycles. The normalized spacial score (nSPS) is 11.3. The van der Waals surface area contributed by atoms with Crippen molar-refractivity contribution in [1.82, 2.24) is 9.55 Å². The van der Waals surface area contributed by atoms with Gasteiger partial charge in [-0.2, -0.15) is 0 Å². The van der Waals surface area contributed by atoms with Gasteiger partial charge in [0.05, 0.1) is 14.2 Å². The van der Waals surface area contributed by atoms with Gasteiger partial charge in [-0.3, -0.25) is 0 Å². The summed E-state index contributed by atoms with van der Waals surface area (Å²) in [6, 6.07) is 15.7. The summed E-state index contributed by atoms with van der Waals surface area (Å²) in [5.41, 5.74) is 7.99. The minimum absolute atomic E-state index is 0.302. The topological polar surface area (TPSA) is 86.7 Å². The summed E-state index contributed by atoms with van der Waals surface area (Å²) in [6.45, 7) is 1.13. The van der Waals surface area contributed by atoms with E-state index in [0.717, 1.165) is 18.1 Å². The zero-order chi connectivity index (χ0) is 19.1. The average Bonchev–Trinajstić information content (AvgIpc) is 3.14. The first-order valence-electron chi connectivity index (χ1n) is 8.52. The summed E-state index contributed by atoms with van der Waals surface area (Å²) in [5.74, 6) is 2.42. The SMILES string of the molecule is COc1ccc(NC(N)=NCc2nccn2Cc2ccccc2)cc1OC. The molecule has 2 aromatic carbocycles. The number of guanidine groups is 1. The number of nitrogens with one attached hydrogen (secondary N) is 1. The molecule has 0 atom stereocenters. The van der Waals surface area contributed by atoms with E-state index in [1.54, 1.807) is 32.5 Å². The highest BCUT2D eigenvalue weighted by Gasteiger charge is 2.06. The van der Waals surface area contributed by atoms with Crippen LogP contribution in [0.3, 0.4) is 0 Å². The van der Waals surface area contributed by atoms with Crippen molar-refractivity contribution in [3.05, 3.63) is 72.3 Å². The molecule has 0 spiro atoms. The standard InChI is InChI=1S/C20H23N5O2/c1-26-17-9-8-16(12-18(17)27-2)24-20(21)23-13-19-22-10-11-25(19)14-15-6-4-3-5-7-15/h3-12H,13-14H2,1-2H3,(H3,21,23,24).